The number of hydrogen-bond acceptors (Lipinski definition) is 3. The Morgan fingerprint density at radius 1 is 1.33 bits per heavy atom. The van der Waals surface area contributed by atoms with Crippen LogP contribution in [0.1, 0.15) is 11.3 Å². The standard InChI is InChI=1S/C15H11ClIN3O/c1-9-6-10(11-4-2-3-5-12(11)19-9)7-20-8-18-14(16)13(17)15(20)21/h2-6,8H,7H2,1H3. The van der Waals surface area contributed by atoms with Crippen LogP contribution in [0.5, 0.6) is 0 Å². The molecule has 3 rings (SSSR count). The summed E-state index contributed by atoms with van der Waals surface area (Å²) in [5.74, 6) is 0. The Hall–Kier alpha value is -1.47. The molecule has 106 valence electrons. The Kier molecular flexibility index (Phi) is 3.95. The highest BCUT2D eigenvalue weighted by atomic mass is 127. The van der Waals surface area contributed by atoms with E-state index in [2.05, 4.69) is 9.97 Å². The molecule has 0 radical (unpaired) electrons. The first-order chi connectivity index (χ1) is 10.1. The van der Waals surface area contributed by atoms with E-state index in [1.165, 1.54) is 6.33 Å². The van der Waals surface area contributed by atoms with Gasteiger partial charge in [-0.15, -0.1) is 0 Å². The van der Waals surface area contributed by atoms with Crippen LogP contribution in [0.3, 0.4) is 0 Å². The predicted octanol–water partition coefficient (Wildman–Crippen LogP) is 3.41. The number of benzene rings is 1. The van der Waals surface area contributed by atoms with Crippen LogP contribution < -0.4 is 5.56 Å². The van der Waals surface area contributed by atoms with Crippen molar-refractivity contribution in [1.29, 1.82) is 0 Å². The molecule has 0 unspecified atom stereocenters. The van der Waals surface area contributed by atoms with E-state index in [9.17, 15) is 4.79 Å². The smallest absolute Gasteiger partial charge is 0.268 e. The van der Waals surface area contributed by atoms with Crippen LogP contribution in [0.15, 0.2) is 41.5 Å². The first-order valence-corrected chi connectivity index (χ1v) is 7.77. The monoisotopic (exact) mass is 411 g/mol. The molecule has 1 aromatic carbocycles. The number of aromatic nitrogens is 3. The zero-order chi connectivity index (χ0) is 15.0. The van der Waals surface area contributed by atoms with Gasteiger partial charge in [0.25, 0.3) is 5.56 Å². The van der Waals surface area contributed by atoms with Crippen LogP contribution in [0.25, 0.3) is 10.9 Å². The summed E-state index contributed by atoms with van der Waals surface area (Å²) in [6.07, 6.45) is 1.48. The topological polar surface area (TPSA) is 47.8 Å². The summed E-state index contributed by atoms with van der Waals surface area (Å²) in [4.78, 5) is 20.8. The second kappa shape index (κ2) is 5.73. The minimum atomic E-state index is -0.130. The van der Waals surface area contributed by atoms with Crippen LogP contribution in [0.2, 0.25) is 5.15 Å². The summed E-state index contributed by atoms with van der Waals surface area (Å²) in [7, 11) is 0. The first-order valence-electron chi connectivity index (χ1n) is 6.32. The SMILES string of the molecule is Cc1cc(Cn2cnc(Cl)c(I)c2=O)c2ccccc2n1. The fraction of sp³-hybridized carbons (Fsp3) is 0.133. The maximum Gasteiger partial charge on any atom is 0.268 e. The highest BCUT2D eigenvalue weighted by Gasteiger charge is 2.09. The van der Waals surface area contributed by atoms with E-state index >= 15 is 0 Å². The van der Waals surface area contributed by atoms with Gasteiger partial charge in [-0.3, -0.25) is 14.3 Å². The molecule has 0 aliphatic carbocycles. The summed E-state index contributed by atoms with van der Waals surface area (Å²) in [5, 5.41) is 1.28. The van der Waals surface area contributed by atoms with Crippen LogP contribution in [-0.2, 0) is 6.54 Å². The lowest BCUT2D eigenvalue weighted by atomic mass is 10.1. The summed E-state index contributed by atoms with van der Waals surface area (Å²) in [6, 6.07) is 9.90. The third-order valence-electron chi connectivity index (χ3n) is 3.21. The Labute approximate surface area is 139 Å². The Morgan fingerprint density at radius 3 is 2.90 bits per heavy atom. The molecule has 0 saturated carbocycles. The quantitative estimate of drug-likeness (QED) is 0.480. The van der Waals surface area contributed by atoms with Crippen molar-refractivity contribution in [2.24, 2.45) is 0 Å². The van der Waals surface area contributed by atoms with Gasteiger partial charge in [0.1, 0.15) is 8.72 Å². The van der Waals surface area contributed by atoms with E-state index in [4.69, 9.17) is 11.6 Å². The molecule has 0 N–H and O–H groups in total. The number of fused-ring (bicyclic) bond motifs is 1. The molecule has 0 bridgehead atoms. The third-order valence-corrected chi connectivity index (χ3v) is 4.79. The molecular weight excluding hydrogens is 401 g/mol. The van der Waals surface area contributed by atoms with Crippen molar-refractivity contribution in [1.82, 2.24) is 14.5 Å². The fourth-order valence-corrected chi connectivity index (χ4v) is 2.84. The summed E-state index contributed by atoms with van der Waals surface area (Å²) in [5.41, 5.74) is 2.76. The maximum atomic E-state index is 12.2. The van der Waals surface area contributed by atoms with Crippen molar-refractivity contribution < 1.29 is 0 Å². The maximum absolute atomic E-state index is 12.2. The van der Waals surface area contributed by atoms with Crippen molar-refractivity contribution in [3.05, 3.63) is 67.0 Å². The molecular formula is C15H11ClIN3O. The number of para-hydroxylation sites is 1. The number of aryl methyl sites for hydroxylation is 1. The number of rotatable bonds is 2. The second-order valence-corrected chi connectivity index (χ2v) is 6.16. The van der Waals surface area contributed by atoms with Crippen LogP contribution in [0, 0.1) is 10.5 Å². The van der Waals surface area contributed by atoms with Gasteiger partial charge in [-0.25, -0.2) is 4.98 Å². The Balaban J connectivity index is 2.15. The van der Waals surface area contributed by atoms with Gasteiger partial charge < -0.3 is 0 Å². The van der Waals surface area contributed by atoms with E-state index in [0.717, 1.165) is 22.2 Å². The normalized spacial score (nSPS) is 11.0. The third kappa shape index (κ3) is 2.80. The summed E-state index contributed by atoms with van der Waals surface area (Å²) in [6.45, 7) is 2.39. The zero-order valence-corrected chi connectivity index (χ0v) is 14.1. The number of hydrogen-bond donors (Lipinski definition) is 0. The fourth-order valence-electron chi connectivity index (χ4n) is 2.27. The average Bonchev–Trinajstić information content (AvgIpc) is 2.47. The van der Waals surface area contributed by atoms with Crippen molar-refractivity contribution in [2.45, 2.75) is 13.5 Å². The lowest BCUT2D eigenvalue weighted by molar-refractivity contribution is 0.733. The van der Waals surface area contributed by atoms with Crippen molar-refractivity contribution in [3.63, 3.8) is 0 Å². The Bertz CT molecular complexity index is 892. The second-order valence-electron chi connectivity index (χ2n) is 4.72. The van der Waals surface area contributed by atoms with Crippen molar-refractivity contribution in [3.8, 4) is 0 Å². The molecule has 0 aliphatic rings. The van der Waals surface area contributed by atoms with Gasteiger partial charge >= 0.3 is 0 Å². The molecule has 6 heteroatoms. The highest BCUT2D eigenvalue weighted by Crippen LogP contribution is 2.19. The molecule has 4 nitrogen and oxygen atoms in total. The number of pyridine rings is 1. The largest absolute Gasteiger partial charge is 0.294 e. The molecule has 21 heavy (non-hydrogen) atoms. The van der Waals surface area contributed by atoms with Gasteiger partial charge in [0, 0.05) is 11.1 Å². The Morgan fingerprint density at radius 2 is 2.10 bits per heavy atom. The predicted molar refractivity (Wildman–Crippen MR) is 91.8 cm³/mol. The zero-order valence-electron chi connectivity index (χ0n) is 11.2. The number of nitrogens with zero attached hydrogens (tertiary/aromatic N) is 3. The average molecular weight is 412 g/mol. The molecule has 2 heterocycles. The summed E-state index contributed by atoms with van der Waals surface area (Å²) < 4.78 is 2.00. The molecule has 0 fully saturated rings. The van der Waals surface area contributed by atoms with Gasteiger partial charge in [-0.05, 0) is 47.2 Å². The van der Waals surface area contributed by atoms with Crippen LogP contribution in [0.4, 0.5) is 0 Å². The molecule has 0 saturated heterocycles. The molecule has 0 spiro atoms. The van der Waals surface area contributed by atoms with E-state index in [1.54, 1.807) is 4.57 Å². The minimum absolute atomic E-state index is 0.130. The van der Waals surface area contributed by atoms with E-state index < -0.39 is 0 Å². The lowest BCUT2D eigenvalue weighted by Gasteiger charge is -2.10. The van der Waals surface area contributed by atoms with E-state index in [0.29, 0.717) is 10.1 Å². The van der Waals surface area contributed by atoms with Crippen molar-refractivity contribution >= 4 is 45.1 Å². The van der Waals surface area contributed by atoms with Gasteiger partial charge in [0.15, 0.2) is 0 Å². The van der Waals surface area contributed by atoms with Gasteiger partial charge in [-0.1, -0.05) is 29.8 Å². The molecule has 3 aromatic rings. The van der Waals surface area contributed by atoms with Gasteiger partial charge in [0.05, 0.1) is 18.4 Å². The van der Waals surface area contributed by atoms with Crippen LogP contribution in [-0.4, -0.2) is 14.5 Å². The van der Waals surface area contributed by atoms with Gasteiger partial charge in [0.2, 0.25) is 0 Å². The minimum Gasteiger partial charge on any atom is -0.294 e. The highest BCUT2D eigenvalue weighted by molar-refractivity contribution is 14.1. The molecule has 0 atom stereocenters. The molecule has 2 aromatic heterocycles. The number of halogens is 2. The van der Waals surface area contributed by atoms with Gasteiger partial charge in [-0.2, -0.15) is 0 Å². The molecule has 0 amide bonds. The van der Waals surface area contributed by atoms with E-state index in [1.807, 2.05) is 59.8 Å². The van der Waals surface area contributed by atoms with Crippen molar-refractivity contribution in [2.75, 3.05) is 0 Å². The summed E-state index contributed by atoms with van der Waals surface area (Å²) >= 11 is 7.79. The first kappa shape index (κ1) is 14.5. The molecule has 0 aliphatic heterocycles. The van der Waals surface area contributed by atoms with Crippen LogP contribution >= 0.6 is 34.2 Å². The van der Waals surface area contributed by atoms with E-state index in [-0.39, 0.29) is 10.7 Å². The lowest BCUT2D eigenvalue weighted by Crippen LogP contribution is -2.23.